The van der Waals surface area contributed by atoms with Crippen molar-refractivity contribution >= 4 is 5.97 Å². The third-order valence-electron chi connectivity index (χ3n) is 5.78. The van der Waals surface area contributed by atoms with Crippen molar-refractivity contribution in [3.8, 4) is 0 Å². The van der Waals surface area contributed by atoms with Crippen molar-refractivity contribution in [1.82, 2.24) is 0 Å². The van der Waals surface area contributed by atoms with Crippen LogP contribution in [0, 0.1) is 0 Å². The average molecular weight is 453 g/mol. The average Bonchev–Trinajstić information content (AvgIpc) is 2.76. The summed E-state index contributed by atoms with van der Waals surface area (Å²) in [5.74, 6) is -1.35. The molecular formula is C18H31NO12. The summed E-state index contributed by atoms with van der Waals surface area (Å²) in [5.41, 5.74) is -3.00. The molecule has 0 bridgehead atoms. The zero-order chi connectivity index (χ0) is 23.6. The highest BCUT2D eigenvalue weighted by atomic mass is 16.7. The molecule has 2 aliphatic heterocycles. The molecule has 2 heterocycles. The predicted molar refractivity (Wildman–Crippen MR) is 100 cm³/mol. The van der Waals surface area contributed by atoms with Crippen LogP contribution in [0.1, 0.15) is 6.92 Å². The van der Waals surface area contributed by atoms with Crippen LogP contribution in [-0.2, 0) is 23.7 Å². The molecule has 0 aliphatic carbocycles. The first kappa shape index (κ1) is 26.0. The van der Waals surface area contributed by atoms with Crippen LogP contribution in [0.2, 0.25) is 0 Å². The van der Waals surface area contributed by atoms with Gasteiger partial charge in [-0.25, -0.2) is 4.79 Å². The Morgan fingerprint density at radius 3 is 2.32 bits per heavy atom. The van der Waals surface area contributed by atoms with E-state index in [9.17, 15) is 40.5 Å². The second-order valence-corrected chi connectivity index (χ2v) is 7.51. The van der Waals surface area contributed by atoms with E-state index in [0.29, 0.717) is 0 Å². The number of nitrogens with two attached hydrogens (primary N) is 1. The molecule has 0 aromatic heterocycles. The topological polar surface area (TPSA) is 222 Å². The smallest absolute Gasteiger partial charge is 0.332 e. The Balaban J connectivity index is 2.70. The van der Waals surface area contributed by atoms with Crippen LogP contribution in [0.5, 0.6) is 0 Å². The van der Waals surface area contributed by atoms with E-state index in [-0.39, 0.29) is 13.2 Å². The Hall–Kier alpha value is -1.23. The van der Waals surface area contributed by atoms with Gasteiger partial charge in [0.25, 0.3) is 0 Å². The quantitative estimate of drug-likeness (QED) is 0.128. The summed E-state index contributed by atoms with van der Waals surface area (Å²) in [6.45, 7) is 1.82. The van der Waals surface area contributed by atoms with Crippen LogP contribution in [0.4, 0.5) is 0 Å². The van der Waals surface area contributed by atoms with Gasteiger partial charge in [0.2, 0.25) is 0 Å². The van der Waals surface area contributed by atoms with Gasteiger partial charge in [0, 0.05) is 6.61 Å². The summed E-state index contributed by atoms with van der Waals surface area (Å²) in [7, 11) is 0. The Morgan fingerprint density at radius 2 is 1.81 bits per heavy atom. The van der Waals surface area contributed by atoms with E-state index in [1.54, 1.807) is 0 Å². The van der Waals surface area contributed by atoms with Crippen molar-refractivity contribution in [1.29, 1.82) is 0 Å². The number of hydrogen-bond donors (Lipinski definition) is 8. The molecule has 0 radical (unpaired) electrons. The van der Waals surface area contributed by atoms with Crippen molar-refractivity contribution < 1.29 is 59.5 Å². The van der Waals surface area contributed by atoms with Gasteiger partial charge in [-0.2, -0.15) is 0 Å². The first-order chi connectivity index (χ1) is 14.5. The van der Waals surface area contributed by atoms with E-state index in [0.717, 1.165) is 0 Å². The Kier molecular flexibility index (Phi) is 8.16. The third kappa shape index (κ3) is 3.79. The fraction of sp³-hybridized carbons (Fsp3) is 0.833. The summed E-state index contributed by atoms with van der Waals surface area (Å²) < 4.78 is 20.7. The van der Waals surface area contributed by atoms with Gasteiger partial charge in [-0.05, 0) is 6.92 Å². The van der Waals surface area contributed by atoms with Crippen LogP contribution in [0.3, 0.4) is 0 Å². The van der Waals surface area contributed by atoms with Crippen LogP contribution in [0.25, 0.3) is 0 Å². The predicted octanol–water partition coefficient (Wildman–Crippen LogP) is -4.90. The molecule has 0 amide bonds. The molecule has 2 rings (SSSR count). The van der Waals surface area contributed by atoms with Gasteiger partial charge in [-0.3, -0.25) is 0 Å². The Labute approximate surface area is 178 Å². The summed E-state index contributed by atoms with van der Waals surface area (Å²) in [6, 6.07) is 0. The first-order valence-electron chi connectivity index (χ1n) is 9.67. The van der Waals surface area contributed by atoms with Crippen LogP contribution < -0.4 is 5.73 Å². The van der Waals surface area contributed by atoms with Gasteiger partial charge in [-0.1, -0.05) is 12.7 Å². The second kappa shape index (κ2) is 9.72. The number of rotatable bonds is 8. The molecule has 13 nitrogen and oxygen atoms in total. The minimum absolute atomic E-state index is 0.154. The van der Waals surface area contributed by atoms with Gasteiger partial charge >= 0.3 is 5.97 Å². The van der Waals surface area contributed by atoms with Gasteiger partial charge in [0.05, 0.1) is 19.8 Å². The van der Waals surface area contributed by atoms with Crippen molar-refractivity contribution in [3.63, 3.8) is 0 Å². The molecule has 9 atom stereocenters. The highest BCUT2D eigenvalue weighted by Gasteiger charge is 2.78. The minimum Gasteiger partial charge on any atom is -0.460 e. The Morgan fingerprint density at radius 1 is 1.19 bits per heavy atom. The van der Waals surface area contributed by atoms with Crippen molar-refractivity contribution in [3.05, 3.63) is 12.7 Å². The molecule has 0 saturated carbocycles. The number of aliphatic hydroxyl groups is 7. The fourth-order valence-electron chi connectivity index (χ4n) is 4.02. The zero-order valence-corrected chi connectivity index (χ0v) is 17.0. The molecule has 180 valence electrons. The van der Waals surface area contributed by atoms with E-state index >= 15 is 0 Å². The lowest BCUT2D eigenvalue weighted by molar-refractivity contribution is -0.408. The normalized spacial score (nSPS) is 45.8. The SMILES string of the molecule is C=CCOC(=O)[C@@]1(N)CO[C@H](CO)[C@@H](O)[C@]1(O)[C@]1(O)[C@@H](OCC)O[C@H](CO)[C@H](O)[C@@H]1O. The zero-order valence-electron chi connectivity index (χ0n) is 17.0. The molecule has 13 heteroatoms. The summed E-state index contributed by atoms with van der Waals surface area (Å²) in [6.07, 6.45) is -10.4. The van der Waals surface area contributed by atoms with E-state index in [2.05, 4.69) is 6.58 Å². The van der Waals surface area contributed by atoms with Crippen molar-refractivity contribution in [2.24, 2.45) is 5.73 Å². The standard InChI is InChI=1S/C18H31NO12/c1-3-5-29-14(25)16(19)8-30-10(7-21)12(23)18(16,27)17(26)13(24)11(22)9(6-20)31-15(17)28-4-2/h3,9-13,15,20-24,26-27H,1,4-8,19H2,2H3/t9-,10-,11+,12-,13+,15+,16+,17-,18-/m1/s1. The third-order valence-corrected chi connectivity index (χ3v) is 5.78. The summed E-state index contributed by atoms with van der Waals surface area (Å²) in [4.78, 5) is 12.8. The Bertz CT molecular complexity index is 651. The van der Waals surface area contributed by atoms with E-state index in [4.69, 9.17) is 24.7 Å². The monoisotopic (exact) mass is 453 g/mol. The van der Waals surface area contributed by atoms with E-state index in [1.807, 2.05) is 0 Å². The lowest BCUT2D eigenvalue weighted by Gasteiger charge is -2.61. The highest BCUT2D eigenvalue weighted by Crippen LogP contribution is 2.48. The van der Waals surface area contributed by atoms with Crippen molar-refractivity contribution in [2.45, 2.75) is 60.5 Å². The van der Waals surface area contributed by atoms with Crippen LogP contribution >= 0.6 is 0 Å². The number of aliphatic hydroxyl groups excluding tert-OH is 5. The molecular weight excluding hydrogens is 422 g/mol. The van der Waals surface area contributed by atoms with E-state index in [1.165, 1.54) is 13.0 Å². The second-order valence-electron chi connectivity index (χ2n) is 7.51. The van der Waals surface area contributed by atoms with Crippen LogP contribution in [0.15, 0.2) is 12.7 Å². The molecule has 9 N–H and O–H groups in total. The van der Waals surface area contributed by atoms with Gasteiger partial charge in [-0.15, -0.1) is 0 Å². The molecule has 0 unspecified atom stereocenters. The molecule has 0 aromatic carbocycles. The maximum absolute atomic E-state index is 12.8. The molecule has 31 heavy (non-hydrogen) atoms. The number of ether oxygens (including phenoxy) is 4. The largest absolute Gasteiger partial charge is 0.460 e. The van der Waals surface area contributed by atoms with Gasteiger partial charge in [0.15, 0.2) is 23.0 Å². The number of hydrogen-bond acceptors (Lipinski definition) is 13. The minimum atomic E-state index is -3.25. The summed E-state index contributed by atoms with van der Waals surface area (Å²) in [5, 5.41) is 74.3. The first-order valence-corrected chi connectivity index (χ1v) is 9.67. The highest BCUT2D eigenvalue weighted by molar-refractivity contribution is 5.84. The number of carbonyl (C=O) groups excluding carboxylic acids is 1. The van der Waals surface area contributed by atoms with Gasteiger partial charge in [0.1, 0.15) is 37.1 Å². The fourth-order valence-corrected chi connectivity index (χ4v) is 4.02. The summed E-state index contributed by atoms with van der Waals surface area (Å²) >= 11 is 0. The molecule has 2 saturated heterocycles. The number of esters is 1. The maximum atomic E-state index is 12.8. The molecule has 0 spiro atoms. The van der Waals surface area contributed by atoms with Crippen molar-refractivity contribution in [2.75, 3.05) is 33.0 Å². The van der Waals surface area contributed by atoms with Gasteiger partial charge < -0.3 is 60.4 Å². The van der Waals surface area contributed by atoms with E-state index < -0.39 is 79.3 Å². The maximum Gasteiger partial charge on any atom is 0.332 e. The lowest BCUT2D eigenvalue weighted by atomic mass is 9.59. The molecule has 2 aliphatic rings. The molecule has 0 aromatic rings. The lowest BCUT2D eigenvalue weighted by Crippen LogP contribution is -2.90. The van der Waals surface area contributed by atoms with Crippen LogP contribution in [-0.4, -0.2) is 128 Å². The molecule has 2 fully saturated rings. The number of carbonyl (C=O) groups is 1.